The van der Waals surface area contributed by atoms with E-state index in [2.05, 4.69) is 4.74 Å². The van der Waals surface area contributed by atoms with E-state index in [-0.39, 0.29) is 18.9 Å². The molecule has 0 aliphatic carbocycles. The molecule has 0 aliphatic heterocycles. The third-order valence-electron chi connectivity index (χ3n) is 2.32. The van der Waals surface area contributed by atoms with Crippen molar-refractivity contribution in [1.29, 1.82) is 0 Å². The van der Waals surface area contributed by atoms with Crippen LogP contribution in [0.25, 0.3) is 0 Å². The molecule has 0 unspecified atom stereocenters. The van der Waals surface area contributed by atoms with E-state index >= 15 is 0 Å². The number of ether oxygens (including phenoxy) is 1. The molecule has 100 valence electrons. The van der Waals surface area contributed by atoms with Gasteiger partial charge in [-0.3, -0.25) is 9.10 Å². The monoisotopic (exact) mass is 272 g/mol. The predicted molar refractivity (Wildman–Crippen MR) is 68.1 cm³/mol. The highest BCUT2D eigenvalue weighted by atomic mass is 32.2. The van der Waals surface area contributed by atoms with Gasteiger partial charge in [0.2, 0.25) is 0 Å². The number of anilines is 1. The van der Waals surface area contributed by atoms with Crippen LogP contribution >= 0.6 is 0 Å². The molecule has 0 saturated heterocycles. The average molecular weight is 272 g/mol. The highest BCUT2D eigenvalue weighted by molar-refractivity contribution is 7.90. The van der Waals surface area contributed by atoms with Gasteiger partial charge in [0, 0.05) is 13.0 Å². The normalized spacial score (nSPS) is 11.0. The number of esters is 1. The molecule has 7 heteroatoms. The number of hydrogen-bond acceptors (Lipinski definition) is 4. The van der Waals surface area contributed by atoms with Crippen LogP contribution in [0.5, 0.6) is 0 Å². The van der Waals surface area contributed by atoms with Crippen molar-refractivity contribution in [3.63, 3.8) is 0 Å². The fraction of sp³-hybridized carbons (Fsp3) is 0.364. The van der Waals surface area contributed by atoms with Gasteiger partial charge in [-0.05, 0) is 18.6 Å². The lowest BCUT2D eigenvalue weighted by molar-refractivity contribution is -0.140. The minimum Gasteiger partial charge on any atom is -0.469 e. The Hall–Kier alpha value is -1.60. The van der Waals surface area contributed by atoms with Crippen LogP contribution in [0.15, 0.2) is 30.3 Å². The van der Waals surface area contributed by atoms with Gasteiger partial charge in [-0.25, -0.2) is 5.14 Å². The first-order chi connectivity index (χ1) is 8.45. The molecule has 0 bridgehead atoms. The number of nitrogens with zero attached hydrogens (tertiary/aromatic N) is 1. The number of nitrogens with two attached hydrogens (primary N) is 1. The summed E-state index contributed by atoms with van der Waals surface area (Å²) in [6.07, 6.45) is 0.493. The van der Waals surface area contributed by atoms with E-state index in [1.165, 1.54) is 7.11 Å². The molecule has 0 heterocycles. The zero-order valence-corrected chi connectivity index (χ0v) is 10.9. The number of para-hydroxylation sites is 1. The van der Waals surface area contributed by atoms with Crippen molar-refractivity contribution >= 4 is 21.9 Å². The molecule has 0 aliphatic rings. The Morgan fingerprint density at radius 2 is 1.94 bits per heavy atom. The summed E-state index contributed by atoms with van der Waals surface area (Å²) in [5, 5.41) is 5.14. The third kappa shape index (κ3) is 4.34. The van der Waals surface area contributed by atoms with Crippen LogP contribution in [0.1, 0.15) is 12.8 Å². The number of rotatable bonds is 6. The molecular formula is C11H16N2O4S. The molecule has 0 radical (unpaired) electrons. The summed E-state index contributed by atoms with van der Waals surface area (Å²) >= 11 is 0. The van der Waals surface area contributed by atoms with Gasteiger partial charge >= 0.3 is 5.97 Å². The van der Waals surface area contributed by atoms with Gasteiger partial charge in [0.1, 0.15) is 0 Å². The summed E-state index contributed by atoms with van der Waals surface area (Å²) in [5.41, 5.74) is 0.477. The quantitative estimate of drug-likeness (QED) is 0.770. The van der Waals surface area contributed by atoms with Gasteiger partial charge in [-0.1, -0.05) is 18.2 Å². The summed E-state index contributed by atoms with van der Waals surface area (Å²) in [6.45, 7) is 0.137. The third-order valence-corrected chi connectivity index (χ3v) is 3.33. The molecule has 6 nitrogen and oxygen atoms in total. The summed E-state index contributed by atoms with van der Waals surface area (Å²) in [4.78, 5) is 11.0. The fourth-order valence-electron chi connectivity index (χ4n) is 1.47. The van der Waals surface area contributed by atoms with Crippen LogP contribution in [-0.2, 0) is 19.7 Å². The predicted octanol–water partition coefficient (Wildman–Crippen LogP) is 0.650. The Morgan fingerprint density at radius 3 is 2.44 bits per heavy atom. The van der Waals surface area contributed by atoms with Crippen LogP contribution in [0.3, 0.4) is 0 Å². The van der Waals surface area contributed by atoms with Crippen molar-refractivity contribution in [2.45, 2.75) is 12.8 Å². The molecule has 0 atom stereocenters. The Bertz CT molecular complexity index is 487. The topological polar surface area (TPSA) is 89.7 Å². The zero-order valence-electron chi connectivity index (χ0n) is 10.1. The van der Waals surface area contributed by atoms with Crippen LogP contribution in [-0.4, -0.2) is 28.0 Å². The van der Waals surface area contributed by atoms with Gasteiger partial charge in [-0.2, -0.15) is 8.42 Å². The molecule has 2 N–H and O–H groups in total. The van der Waals surface area contributed by atoms with Crippen molar-refractivity contribution in [2.24, 2.45) is 5.14 Å². The van der Waals surface area contributed by atoms with Crippen LogP contribution in [0.4, 0.5) is 5.69 Å². The maximum Gasteiger partial charge on any atom is 0.305 e. The lowest BCUT2D eigenvalue weighted by Gasteiger charge is -2.21. The first-order valence-electron chi connectivity index (χ1n) is 5.37. The van der Waals surface area contributed by atoms with Crippen molar-refractivity contribution in [2.75, 3.05) is 18.0 Å². The summed E-state index contributed by atoms with van der Waals surface area (Å²) in [6, 6.07) is 8.49. The number of carbonyl (C=O) groups is 1. The molecule has 0 amide bonds. The van der Waals surface area contributed by atoms with Crippen LogP contribution in [0, 0.1) is 0 Å². The second kappa shape index (κ2) is 6.36. The maximum atomic E-state index is 11.5. The van der Waals surface area contributed by atoms with Gasteiger partial charge < -0.3 is 4.74 Å². The Labute approximate surface area is 107 Å². The summed E-state index contributed by atoms with van der Waals surface area (Å²) in [7, 11) is -2.55. The lowest BCUT2D eigenvalue weighted by Crippen LogP contribution is -2.37. The van der Waals surface area contributed by atoms with E-state index in [4.69, 9.17) is 5.14 Å². The van der Waals surface area contributed by atoms with E-state index in [1.807, 2.05) is 0 Å². The van der Waals surface area contributed by atoms with Crippen LogP contribution < -0.4 is 9.44 Å². The van der Waals surface area contributed by atoms with Crippen molar-refractivity contribution < 1.29 is 17.9 Å². The van der Waals surface area contributed by atoms with E-state index < -0.39 is 10.2 Å². The second-order valence-corrected chi connectivity index (χ2v) is 5.10. The molecular weight excluding hydrogens is 256 g/mol. The van der Waals surface area contributed by atoms with Gasteiger partial charge in [0.25, 0.3) is 10.2 Å². The summed E-state index contributed by atoms with van der Waals surface area (Å²) < 4.78 is 28.5. The fourth-order valence-corrected chi connectivity index (χ4v) is 2.27. The molecule has 18 heavy (non-hydrogen) atoms. The lowest BCUT2D eigenvalue weighted by atomic mass is 10.3. The van der Waals surface area contributed by atoms with Crippen molar-refractivity contribution in [1.82, 2.24) is 0 Å². The van der Waals surface area contributed by atoms with E-state index in [0.29, 0.717) is 12.1 Å². The van der Waals surface area contributed by atoms with E-state index in [9.17, 15) is 13.2 Å². The number of methoxy groups -OCH3 is 1. The average Bonchev–Trinajstić information content (AvgIpc) is 2.33. The zero-order chi connectivity index (χ0) is 13.6. The molecule has 1 aromatic carbocycles. The van der Waals surface area contributed by atoms with Crippen molar-refractivity contribution in [3.05, 3.63) is 30.3 Å². The SMILES string of the molecule is COC(=O)CCCN(c1ccccc1)S(N)(=O)=O. The standard InChI is InChI=1S/C11H16N2O4S/c1-17-11(14)8-5-9-13(18(12,15)16)10-6-3-2-4-7-10/h2-4,6-7H,5,8-9H2,1H3,(H2,12,15,16). The van der Waals surface area contributed by atoms with Gasteiger partial charge in [-0.15, -0.1) is 0 Å². The van der Waals surface area contributed by atoms with E-state index in [1.54, 1.807) is 30.3 Å². The number of benzene rings is 1. The molecule has 0 aromatic heterocycles. The molecule has 0 spiro atoms. The number of hydrogen-bond donors (Lipinski definition) is 1. The highest BCUT2D eigenvalue weighted by Gasteiger charge is 2.17. The van der Waals surface area contributed by atoms with Crippen molar-refractivity contribution in [3.8, 4) is 0 Å². The van der Waals surface area contributed by atoms with E-state index in [0.717, 1.165) is 4.31 Å². The van der Waals surface area contributed by atoms with Gasteiger partial charge in [0.05, 0.1) is 12.8 Å². The largest absolute Gasteiger partial charge is 0.469 e. The molecule has 0 saturated carbocycles. The Kier molecular flexibility index (Phi) is 5.11. The smallest absolute Gasteiger partial charge is 0.305 e. The minimum absolute atomic E-state index is 0.137. The molecule has 1 aromatic rings. The minimum atomic E-state index is -3.84. The number of carbonyl (C=O) groups excluding carboxylic acids is 1. The second-order valence-electron chi connectivity index (χ2n) is 3.63. The Morgan fingerprint density at radius 1 is 1.33 bits per heavy atom. The summed E-state index contributed by atoms with van der Waals surface area (Å²) in [5.74, 6) is -0.377. The first kappa shape index (κ1) is 14.5. The highest BCUT2D eigenvalue weighted by Crippen LogP contribution is 2.16. The van der Waals surface area contributed by atoms with Crippen LogP contribution in [0.2, 0.25) is 0 Å². The first-order valence-corrected chi connectivity index (χ1v) is 6.88. The molecule has 0 fully saturated rings. The molecule has 1 rings (SSSR count). The maximum absolute atomic E-state index is 11.5. The van der Waals surface area contributed by atoms with Gasteiger partial charge in [0.15, 0.2) is 0 Å². The Balaban J connectivity index is 2.73.